The van der Waals surface area contributed by atoms with E-state index in [0.29, 0.717) is 35.1 Å². The molecule has 0 saturated carbocycles. The molecule has 4 rings (SSSR count). The molecule has 1 aromatic heterocycles. The van der Waals surface area contributed by atoms with Crippen molar-refractivity contribution in [3.8, 4) is 0 Å². The smallest absolute Gasteiger partial charge is 0.229 e. The van der Waals surface area contributed by atoms with Gasteiger partial charge in [-0.3, -0.25) is 4.79 Å². The molecular weight excluding hydrogens is 338 g/mol. The molecule has 0 unspecified atom stereocenters. The Bertz CT molecular complexity index is 990. The first-order valence-electron chi connectivity index (χ1n) is 8.04. The van der Waals surface area contributed by atoms with E-state index in [1.165, 1.54) is 0 Å². The fourth-order valence-corrected chi connectivity index (χ4v) is 3.24. The lowest BCUT2D eigenvalue weighted by atomic mass is 10.0. The molecule has 0 spiro atoms. The number of para-hydroxylation sites is 2. The van der Waals surface area contributed by atoms with Crippen LogP contribution in [0, 0.1) is 0 Å². The van der Waals surface area contributed by atoms with Crippen molar-refractivity contribution in [3.63, 3.8) is 0 Å². The minimum Gasteiger partial charge on any atom is -0.512 e. The van der Waals surface area contributed by atoms with Crippen LogP contribution in [0.1, 0.15) is 18.7 Å². The van der Waals surface area contributed by atoms with Crippen molar-refractivity contribution in [3.05, 3.63) is 65.1 Å². The number of aromatic nitrogens is 2. The number of aliphatic hydroxyl groups excluding tert-OH is 1. The largest absolute Gasteiger partial charge is 0.512 e. The van der Waals surface area contributed by atoms with E-state index in [4.69, 9.17) is 11.6 Å². The van der Waals surface area contributed by atoms with Crippen LogP contribution >= 0.6 is 11.6 Å². The van der Waals surface area contributed by atoms with Crippen molar-refractivity contribution in [1.82, 2.24) is 9.55 Å². The highest BCUT2D eigenvalue weighted by atomic mass is 35.5. The number of anilines is 1. The fourth-order valence-electron chi connectivity index (χ4n) is 3.11. The number of nitrogens with zero attached hydrogens (tertiary/aromatic N) is 2. The summed E-state index contributed by atoms with van der Waals surface area (Å²) in [5, 5.41) is 13.8. The third-order valence-corrected chi connectivity index (χ3v) is 4.56. The van der Waals surface area contributed by atoms with Gasteiger partial charge in [-0.2, -0.15) is 0 Å². The van der Waals surface area contributed by atoms with E-state index in [2.05, 4.69) is 14.9 Å². The van der Waals surface area contributed by atoms with Crippen molar-refractivity contribution >= 4 is 39.8 Å². The van der Waals surface area contributed by atoms with Crippen LogP contribution in [0.25, 0.3) is 16.6 Å². The first-order chi connectivity index (χ1) is 12.1. The summed E-state index contributed by atoms with van der Waals surface area (Å²) < 4.78 is 2.06. The molecule has 1 aliphatic heterocycles. The van der Waals surface area contributed by atoms with Crippen LogP contribution in [0.3, 0.4) is 0 Å². The van der Waals surface area contributed by atoms with Crippen LogP contribution < -0.4 is 5.32 Å². The molecule has 0 bridgehead atoms. The Morgan fingerprint density at radius 3 is 2.76 bits per heavy atom. The second kappa shape index (κ2) is 6.26. The van der Waals surface area contributed by atoms with E-state index in [1.54, 1.807) is 24.3 Å². The summed E-state index contributed by atoms with van der Waals surface area (Å²) in [5.74, 6) is 0.689. The lowest BCUT2D eigenvalue weighted by Gasteiger charge is -2.19. The molecule has 6 heteroatoms. The monoisotopic (exact) mass is 353 g/mol. The first-order valence-corrected chi connectivity index (χ1v) is 8.41. The average molecular weight is 354 g/mol. The van der Waals surface area contributed by atoms with Crippen molar-refractivity contribution in [2.75, 3.05) is 5.32 Å². The van der Waals surface area contributed by atoms with Crippen molar-refractivity contribution in [1.29, 1.82) is 0 Å². The van der Waals surface area contributed by atoms with E-state index in [0.717, 1.165) is 11.0 Å². The van der Waals surface area contributed by atoms with Gasteiger partial charge < -0.3 is 15.0 Å². The van der Waals surface area contributed by atoms with Gasteiger partial charge in [0.1, 0.15) is 11.6 Å². The molecule has 0 aliphatic carbocycles. The van der Waals surface area contributed by atoms with Crippen molar-refractivity contribution in [2.45, 2.75) is 19.4 Å². The Balaban J connectivity index is 1.61. The molecule has 0 radical (unpaired) electrons. The highest BCUT2D eigenvalue weighted by Crippen LogP contribution is 2.31. The van der Waals surface area contributed by atoms with Crippen LogP contribution in [0.15, 0.2) is 54.3 Å². The number of halogens is 1. The number of amides is 1. The first kappa shape index (κ1) is 15.7. The number of rotatable bonds is 3. The van der Waals surface area contributed by atoms with Gasteiger partial charge in [0, 0.05) is 29.2 Å². The molecular formula is C19H16ClN3O2. The van der Waals surface area contributed by atoms with Gasteiger partial charge >= 0.3 is 0 Å². The fraction of sp³-hybridized carbons (Fsp3) is 0.158. The third kappa shape index (κ3) is 2.98. The van der Waals surface area contributed by atoms with E-state index in [9.17, 15) is 9.90 Å². The number of aryl methyl sites for hydroxylation is 1. The van der Waals surface area contributed by atoms with E-state index in [-0.39, 0.29) is 18.1 Å². The van der Waals surface area contributed by atoms with E-state index in [1.807, 2.05) is 24.3 Å². The molecule has 2 heterocycles. The number of imidazole rings is 1. The van der Waals surface area contributed by atoms with Crippen LogP contribution in [-0.2, 0) is 11.3 Å². The minimum absolute atomic E-state index is 0.0672. The quantitative estimate of drug-likeness (QED) is 0.733. The normalized spacial score (nSPS) is 13.8. The molecule has 1 amide bonds. The molecule has 126 valence electrons. The summed E-state index contributed by atoms with van der Waals surface area (Å²) in [6, 6.07) is 14.7. The van der Waals surface area contributed by atoms with Crippen molar-refractivity contribution in [2.24, 2.45) is 0 Å². The van der Waals surface area contributed by atoms with Crippen LogP contribution in [-0.4, -0.2) is 20.6 Å². The Morgan fingerprint density at radius 2 is 1.96 bits per heavy atom. The summed E-state index contributed by atoms with van der Waals surface area (Å²) >= 11 is 5.85. The minimum atomic E-state index is -0.204. The van der Waals surface area contributed by atoms with Gasteiger partial charge in [0.25, 0.3) is 0 Å². The van der Waals surface area contributed by atoms with Crippen LogP contribution in [0.2, 0.25) is 5.02 Å². The molecule has 0 fully saturated rings. The maximum atomic E-state index is 12.4. The molecule has 25 heavy (non-hydrogen) atoms. The predicted molar refractivity (Wildman–Crippen MR) is 98.6 cm³/mol. The second-order valence-corrected chi connectivity index (χ2v) is 6.42. The van der Waals surface area contributed by atoms with Gasteiger partial charge in [-0.25, -0.2) is 4.98 Å². The zero-order valence-electron chi connectivity index (χ0n) is 13.4. The maximum absolute atomic E-state index is 12.4. The SMILES string of the molecule is O=C(CC1=C(O)CCn2c1nc1ccccc12)Nc1ccc(Cl)cc1. The van der Waals surface area contributed by atoms with Gasteiger partial charge in [-0.05, 0) is 36.4 Å². The number of fused-ring (bicyclic) bond motifs is 3. The average Bonchev–Trinajstić information content (AvgIpc) is 2.98. The Kier molecular flexibility index (Phi) is 3.93. The van der Waals surface area contributed by atoms with E-state index < -0.39 is 0 Å². The summed E-state index contributed by atoms with van der Waals surface area (Å²) in [5.41, 5.74) is 3.12. The predicted octanol–water partition coefficient (Wildman–Crippen LogP) is 4.39. The highest BCUT2D eigenvalue weighted by Gasteiger charge is 2.24. The number of hydrogen-bond acceptors (Lipinski definition) is 3. The molecule has 5 nitrogen and oxygen atoms in total. The zero-order chi connectivity index (χ0) is 17.4. The van der Waals surface area contributed by atoms with Gasteiger partial charge in [-0.1, -0.05) is 23.7 Å². The number of allylic oxidation sites excluding steroid dienone is 1. The molecule has 1 aliphatic rings. The number of carbonyl (C=O) groups excluding carboxylic acids is 1. The summed E-state index contributed by atoms with van der Waals surface area (Å²) in [6.45, 7) is 0.657. The third-order valence-electron chi connectivity index (χ3n) is 4.31. The number of nitrogens with one attached hydrogen (secondary N) is 1. The Hall–Kier alpha value is -2.79. The standard InChI is InChI=1S/C19H16ClN3O2/c20-12-5-7-13(8-6-12)21-18(25)11-14-17(24)9-10-23-16-4-2-1-3-15(16)22-19(14)23/h1-8,24H,9-11H2,(H,21,25). The van der Waals surface area contributed by atoms with Crippen LogP contribution in [0.5, 0.6) is 0 Å². The molecule has 2 N–H and O–H groups in total. The lowest BCUT2D eigenvalue weighted by Crippen LogP contribution is -2.18. The molecule has 3 aromatic rings. The highest BCUT2D eigenvalue weighted by molar-refractivity contribution is 6.30. The Labute approximate surface area is 149 Å². The summed E-state index contributed by atoms with van der Waals surface area (Å²) in [6.07, 6.45) is 0.564. The topological polar surface area (TPSA) is 67.1 Å². The number of carbonyl (C=O) groups is 1. The number of aliphatic hydroxyl groups is 1. The van der Waals surface area contributed by atoms with Crippen LogP contribution in [0.4, 0.5) is 5.69 Å². The number of hydrogen-bond donors (Lipinski definition) is 2. The van der Waals surface area contributed by atoms with Gasteiger partial charge in [0.15, 0.2) is 0 Å². The zero-order valence-corrected chi connectivity index (χ0v) is 14.1. The lowest BCUT2D eigenvalue weighted by molar-refractivity contribution is -0.115. The van der Waals surface area contributed by atoms with E-state index >= 15 is 0 Å². The van der Waals surface area contributed by atoms with Gasteiger partial charge in [0.05, 0.1) is 17.5 Å². The summed E-state index contributed by atoms with van der Waals surface area (Å²) in [7, 11) is 0. The number of benzene rings is 2. The summed E-state index contributed by atoms with van der Waals surface area (Å²) in [4.78, 5) is 17.0. The van der Waals surface area contributed by atoms with Gasteiger partial charge in [0.2, 0.25) is 5.91 Å². The second-order valence-electron chi connectivity index (χ2n) is 5.98. The molecule has 2 aromatic carbocycles. The van der Waals surface area contributed by atoms with Crippen molar-refractivity contribution < 1.29 is 9.90 Å². The van der Waals surface area contributed by atoms with Gasteiger partial charge in [-0.15, -0.1) is 0 Å². The molecule has 0 atom stereocenters. The Morgan fingerprint density at radius 1 is 1.20 bits per heavy atom. The maximum Gasteiger partial charge on any atom is 0.229 e. The molecule has 0 saturated heterocycles.